The van der Waals surface area contributed by atoms with Crippen molar-refractivity contribution < 1.29 is 19.7 Å². The molecule has 2 aliphatic heterocycles. The summed E-state index contributed by atoms with van der Waals surface area (Å²) in [5, 5.41) is 22.2. The molecule has 0 amide bonds. The quantitative estimate of drug-likeness (QED) is 0.478. The van der Waals surface area contributed by atoms with Gasteiger partial charge in [0.15, 0.2) is 0 Å². The summed E-state index contributed by atoms with van der Waals surface area (Å²) in [6, 6.07) is 0. The Labute approximate surface area is 206 Å². The Hall–Kier alpha value is -0.610. The Bertz CT molecular complexity index is 898. The van der Waals surface area contributed by atoms with Gasteiger partial charge in [-0.25, -0.2) is 0 Å². The molecule has 5 saturated carbocycles. The van der Waals surface area contributed by atoms with Crippen LogP contribution in [0.4, 0.5) is 0 Å². The molecule has 4 heteroatoms. The average Bonchev–Trinajstić information content (AvgIpc) is 2.78. The zero-order chi connectivity index (χ0) is 24.5. The first kappa shape index (κ1) is 23.8. The van der Waals surface area contributed by atoms with Crippen molar-refractivity contribution in [3.8, 4) is 0 Å². The van der Waals surface area contributed by atoms with E-state index in [1.807, 2.05) is 0 Å². The van der Waals surface area contributed by atoms with Crippen LogP contribution in [0.3, 0.4) is 0 Å². The van der Waals surface area contributed by atoms with E-state index in [4.69, 9.17) is 4.74 Å². The lowest BCUT2D eigenvalue weighted by Gasteiger charge is -2.75. The van der Waals surface area contributed by atoms with Gasteiger partial charge < -0.3 is 14.9 Å². The first-order valence-corrected chi connectivity index (χ1v) is 14.3. The van der Waals surface area contributed by atoms with Crippen LogP contribution >= 0.6 is 0 Å². The van der Waals surface area contributed by atoms with Crippen LogP contribution in [0, 0.1) is 56.7 Å². The highest BCUT2D eigenvalue weighted by atomic mass is 16.6. The summed E-state index contributed by atoms with van der Waals surface area (Å²) < 4.78 is 6.12. The largest absolute Gasteiger partial charge is 0.459 e. The van der Waals surface area contributed by atoms with Crippen molar-refractivity contribution >= 4 is 5.97 Å². The Kier molecular flexibility index (Phi) is 4.77. The highest BCUT2D eigenvalue weighted by molar-refractivity contribution is 5.80. The zero-order valence-corrected chi connectivity index (χ0v) is 22.5. The topological polar surface area (TPSA) is 66.8 Å². The van der Waals surface area contributed by atoms with E-state index < -0.39 is 0 Å². The molecule has 7 rings (SSSR count). The molecule has 2 saturated heterocycles. The Balaban J connectivity index is 1.44. The monoisotopic (exact) mass is 472 g/mol. The van der Waals surface area contributed by atoms with Crippen LogP contribution in [0.25, 0.3) is 0 Å². The molecule has 2 N–H and O–H groups in total. The van der Waals surface area contributed by atoms with Gasteiger partial charge in [-0.3, -0.25) is 4.79 Å². The lowest BCUT2D eigenvalue weighted by atomic mass is 9.30. The van der Waals surface area contributed by atoms with Crippen molar-refractivity contribution in [1.29, 1.82) is 0 Å². The molecule has 2 heterocycles. The van der Waals surface area contributed by atoms with Crippen molar-refractivity contribution in [1.82, 2.24) is 0 Å². The number of carbonyl (C=O) groups is 1. The number of carbonyl (C=O) groups excluding carboxylic acids is 1. The maximum atomic E-state index is 13.4. The van der Waals surface area contributed by atoms with Crippen LogP contribution in [0.2, 0.25) is 0 Å². The number of rotatable bonds is 1. The molecule has 7 fully saturated rings. The van der Waals surface area contributed by atoms with Gasteiger partial charge in [-0.2, -0.15) is 0 Å². The fourth-order valence-corrected chi connectivity index (χ4v) is 12.2. The molecule has 0 unspecified atom stereocenters. The number of esters is 1. The molecule has 34 heavy (non-hydrogen) atoms. The maximum Gasteiger partial charge on any atom is 0.312 e. The standard InChI is InChI=1S/C30H48O4/c1-18-23-19-7-8-21-26(4)11-10-22(32)25(2,3)20(26)9-12-27(21,5)30(19,17-31)16-15-29(23)14-13-28(18,6)34-24(29)33/h18-23,31-32H,7-17H2,1-6H3/t18-,19+,20-,21+,22+,23+,26-,27+,28+,29-,30-/m0/s1. The van der Waals surface area contributed by atoms with Gasteiger partial charge in [0.05, 0.1) is 11.5 Å². The second-order valence-corrected chi connectivity index (χ2v) is 15.1. The van der Waals surface area contributed by atoms with Crippen LogP contribution in [0.5, 0.6) is 0 Å². The summed E-state index contributed by atoms with van der Waals surface area (Å²) in [6.45, 7) is 14.4. The van der Waals surface area contributed by atoms with E-state index in [0.717, 1.165) is 57.8 Å². The molecule has 0 radical (unpaired) electrons. The van der Waals surface area contributed by atoms with E-state index in [0.29, 0.717) is 29.6 Å². The van der Waals surface area contributed by atoms with Crippen LogP contribution < -0.4 is 0 Å². The van der Waals surface area contributed by atoms with Crippen LogP contribution in [0.1, 0.15) is 106 Å². The number of hydrogen-bond acceptors (Lipinski definition) is 4. The first-order chi connectivity index (χ1) is 15.8. The van der Waals surface area contributed by atoms with Crippen LogP contribution in [-0.4, -0.2) is 34.5 Å². The van der Waals surface area contributed by atoms with Gasteiger partial charge in [-0.15, -0.1) is 0 Å². The van der Waals surface area contributed by atoms with Gasteiger partial charge in [0, 0.05) is 12.0 Å². The normalized spacial score (nSPS) is 59.8. The third kappa shape index (κ3) is 2.42. The fraction of sp³-hybridized carbons (Fsp3) is 0.967. The molecule has 5 aliphatic carbocycles. The summed E-state index contributed by atoms with van der Waals surface area (Å²) in [5.74, 6) is 2.26. The number of fused-ring (bicyclic) bond motifs is 7. The van der Waals surface area contributed by atoms with Crippen molar-refractivity contribution in [3.63, 3.8) is 0 Å². The second-order valence-electron chi connectivity index (χ2n) is 15.1. The molecule has 2 bridgehead atoms. The minimum Gasteiger partial charge on any atom is -0.459 e. The van der Waals surface area contributed by atoms with E-state index in [9.17, 15) is 15.0 Å². The fourth-order valence-electron chi connectivity index (χ4n) is 12.2. The first-order valence-electron chi connectivity index (χ1n) is 14.3. The van der Waals surface area contributed by atoms with Crippen LogP contribution in [-0.2, 0) is 9.53 Å². The third-order valence-corrected chi connectivity index (χ3v) is 14.3. The lowest BCUT2D eigenvalue weighted by molar-refractivity contribution is -0.298. The molecule has 7 aliphatic rings. The molecule has 1 spiro atoms. The van der Waals surface area contributed by atoms with Crippen molar-refractivity contribution in [2.45, 2.75) is 117 Å². The van der Waals surface area contributed by atoms with Crippen molar-refractivity contribution in [2.24, 2.45) is 56.7 Å². The predicted molar refractivity (Wildman–Crippen MR) is 132 cm³/mol. The number of ether oxygens (including phenoxy) is 1. The molecule has 192 valence electrons. The van der Waals surface area contributed by atoms with Crippen molar-refractivity contribution in [3.05, 3.63) is 0 Å². The Morgan fingerprint density at radius 2 is 1.59 bits per heavy atom. The molecule has 0 aromatic rings. The molecular weight excluding hydrogens is 424 g/mol. The predicted octanol–water partition coefficient (Wildman–Crippen LogP) is 5.74. The third-order valence-electron chi connectivity index (χ3n) is 14.3. The minimum absolute atomic E-state index is 0.0520. The van der Waals surface area contributed by atoms with E-state index in [1.165, 1.54) is 6.42 Å². The van der Waals surface area contributed by atoms with Crippen molar-refractivity contribution in [2.75, 3.05) is 6.61 Å². The molecule has 11 atom stereocenters. The van der Waals surface area contributed by atoms with Crippen LogP contribution in [0.15, 0.2) is 0 Å². The summed E-state index contributed by atoms with van der Waals surface area (Å²) >= 11 is 0. The van der Waals surface area contributed by atoms with E-state index in [-0.39, 0.29) is 51.4 Å². The molecule has 0 aromatic heterocycles. The highest BCUT2D eigenvalue weighted by Gasteiger charge is 2.75. The highest BCUT2D eigenvalue weighted by Crippen LogP contribution is 2.78. The average molecular weight is 473 g/mol. The summed E-state index contributed by atoms with van der Waals surface area (Å²) in [5.41, 5.74) is -0.530. The van der Waals surface area contributed by atoms with E-state index >= 15 is 0 Å². The summed E-state index contributed by atoms with van der Waals surface area (Å²) in [6.07, 6.45) is 10.2. The zero-order valence-electron chi connectivity index (χ0n) is 22.5. The van der Waals surface area contributed by atoms with E-state index in [1.54, 1.807) is 0 Å². The number of aliphatic hydroxyl groups excluding tert-OH is 2. The molecule has 4 nitrogen and oxygen atoms in total. The van der Waals surface area contributed by atoms with Gasteiger partial charge >= 0.3 is 5.97 Å². The lowest BCUT2D eigenvalue weighted by Crippen LogP contribution is -2.73. The molecular formula is C30H48O4. The SMILES string of the molecule is C[C@H]1[C@@H]2[C@H]3CC[C@@H]4[C@@]5(C)CC[C@@H](O)C(C)(C)[C@@H]5CC[C@@]4(C)[C@]3(CO)CC[C@@]23CC[C@@]1(C)OC3=O. The van der Waals surface area contributed by atoms with Gasteiger partial charge in [0.1, 0.15) is 5.60 Å². The number of hydrogen-bond donors (Lipinski definition) is 2. The summed E-state index contributed by atoms with van der Waals surface area (Å²) in [7, 11) is 0. The Morgan fingerprint density at radius 3 is 2.26 bits per heavy atom. The van der Waals surface area contributed by atoms with Gasteiger partial charge in [0.25, 0.3) is 0 Å². The minimum atomic E-state index is -0.340. The van der Waals surface area contributed by atoms with E-state index in [2.05, 4.69) is 41.5 Å². The Morgan fingerprint density at radius 1 is 0.882 bits per heavy atom. The van der Waals surface area contributed by atoms with Gasteiger partial charge in [-0.05, 0) is 117 Å². The maximum absolute atomic E-state index is 13.4. The summed E-state index contributed by atoms with van der Waals surface area (Å²) in [4.78, 5) is 13.4. The second kappa shape index (κ2) is 6.82. The van der Waals surface area contributed by atoms with Gasteiger partial charge in [0.2, 0.25) is 0 Å². The van der Waals surface area contributed by atoms with Gasteiger partial charge in [-0.1, -0.05) is 34.6 Å². The number of aliphatic hydroxyl groups is 2. The molecule has 0 aromatic carbocycles. The smallest absolute Gasteiger partial charge is 0.312 e.